The lowest BCUT2D eigenvalue weighted by molar-refractivity contribution is -0.236. The zero-order valence-electron chi connectivity index (χ0n) is 8.13. The second kappa shape index (κ2) is 3.05. The third-order valence-corrected chi connectivity index (χ3v) is 3.03. The summed E-state index contributed by atoms with van der Waals surface area (Å²) in [5, 5.41) is 0. The van der Waals surface area contributed by atoms with E-state index in [1.807, 2.05) is 0 Å². The van der Waals surface area contributed by atoms with E-state index in [4.69, 9.17) is 0 Å². The van der Waals surface area contributed by atoms with Gasteiger partial charge < -0.3 is 0 Å². The molecule has 0 saturated heterocycles. The lowest BCUT2D eigenvalue weighted by Crippen LogP contribution is -2.59. The van der Waals surface area contributed by atoms with Crippen LogP contribution in [0.4, 0.5) is 39.5 Å². The Labute approximate surface area is 93.8 Å². The molecule has 0 heterocycles. The van der Waals surface area contributed by atoms with Gasteiger partial charge in [-0.15, -0.1) is 0 Å². The molecule has 2 aliphatic carbocycles. The maximum Gasteiger partial charge on any atom is 0.413 e. The first kappa shape index (κ1) is 13.3. The van der Waals surface area contributed by atoms with Gasteiger partial charge in [0.15, 0.2) is 0 Å². The molecule has 18 heavy (non-hydrogen) atoms. The maximum atomic E-state index is 12.5. The van der Waals surface area contributed by atoms with E-state index in [9.17, 15) is 39.5 Å². The largest absolute Gasteiger partial charge is 0.413 e. The van der Waals surface area contributed by atoms with Gasteiger partial charge in [-0.1, -0.05) is 12.2 Å². The van der Waals surface area contributed by atoms with E-state index in [0.29, 0.717) is 0 Å². The maximum absolute atomic E-state index is 12.5. The number of fused-ring (bicyclic) bond motifs is 1. The fourth-order valence-corrected chi connectivity index (χ4v) is 2.20. The molecular formula is C9H3F9. The van der Waals surface area contributed by atoms with E-state index in [1.165, 1.54) is 0 Å². The minimum atomic E-state index is -5.19. The first-order valence-corrected chi connectivity index (χ1v) is 4.47. The fraction of sp³-hybridized carbons (Fsp3) is 0.556. The molecule has 0 saturated carbocycles. The standard InChI is InChI=1S/C9H3F9/c10-7(11,12)3-1-6(9(16,17)18)2-4(5(3)6)8(13,14)15/h1-2,5H. The summed E-state index contributed by atoms with van der Waals surface area (Å²) in [5.41, 5.74) is -6.67. The highest BCUT2D eigenvalue weighted by Gasteiger charge is 2.75. The van der Waals surface area contributed by atoms with E-state index in [2.05, 4.69) is 0 Å². The van der Waals surface area contributed by atoms with Gasteiger partial charge in [-0.25, -0.2) is 0 Å². The highest BCUT2D eigenvalue weighted by molar-refractivity contribution is 5.55. The molecule has 0 unspecified atom stereocenters. The van der Waals surface area contributed by atoms with Gasteiger partial charge in [0.2, 0.25) is 0 Å². The molecule has 0 aromatic heterocycles. The van der Waals surface area contributed by atoms with Crippen molar-refractivity contribution in [3.8, 4) is 0 Å². The van der Waals surface area contributed by atoms with Crippen molar-refractivity contribution in [2.45, 2.75) is 18.5 Å². The summed E-state index contributed by atoms with van der Waals surface area (Å²) in [5.74, 6) is -2.68. The molecule has 0 aromatic rings. The average Bonchev–Trinajstić information content (AvgIpc) is 2.01. The van der Waals surface area contributed by atoms with Crippen LogP contribution < -0.4 is 0 Å². The van der Waals surface area contributed by atoms with Crippen molar-refractivity contribution in [2.75, 3.05) is 0 Å². The lowest BCUT2D eigenvalue weighted by atomic mass is 9.50. The molecule has 0 N–H and O–H groups in total. The van der Waals surface area contributed by atoms with Crippen LogP contribution in [0.25, 0.3) is 0 Å². The molecule has 2 aliphatic rings. The summed E-state index contributed by atoms with van der Waals surface area (Å²) in [6.07, 6.45) is -15.9. The van der Waals surface area contributed by atoms with E-state index < -0.39 is 41.0 Å². The van der Waals surface area contributed by atoms with Gasteiger partial charge in [0.05, 0.1) is 0 Å². The van der Waals surface area contributed by atoms with Crippen molar-refractivity contribution in [1.82, 2.24) is 0 Å². The SMILES string of the molecule is FC(F)(F)C1=CC2(C(F)(F)F)C=C(C(F)(F)F)C12. The van der Waals surface area contributed by atoms with Gasteiger partial charge in [-0.2, -0.15) is 39.5 Å². The van der Waals surface area contributed by atoms with Gasteiger partial charge in [0, 0.05) is 17.1 Å². The smallest absolute Gasteiger partial charge is 0.170 e. The molecule has 0 nitrogen and oxygen atoms in total. The van der Waals surface area contributed by atoms with Crippen molar-refractivity contribution in [3.63, 3.8) is 0 Å². The van der Waals surface area contributed by atoms with E-state index in [1.54, 1.807) is 0 Å². The molecule has 9 heteroatoms. The Morgan fingerprint density at radius 1 is 0.722 bits per heavy atom. The first-order valence-electron chi connectivity index (χ1n) is 4.47. The summed E-state index contributed by atoms with van der Waals surface area (Å²) in [6, 6.07) is 0. The Bertz CT molecular complexity index is 410. The summed E-state index contributed by atoms with van der Waals surface area (Å²) in [4.78, 5) is 0. The molecule has 0 aliphatic heterocycles. The zero-order valence-corrected chi connectivity index (χ0v) is 8.13. The van der Waals surface area contributed by atoms with Crippen LogP contribution in [0, 0.1) is 11.3 Å². The summed E-state index contributed by atoms with van der Waals surface area (Å²) in [6.45, 7) is 0. The monoisotopic (exact) mass is 282 g/mol. The van der Waals surface area contributed by atoms with E-state index >= 15 is 0 Å². The second-order valence-electron chi connectivity index (χ2n) is 4.06. The molecule has 0 bridgehead atoms. The molecule has 2 rings (SSSR count). The van der Waals surface area contributed by atoms with Crippen molar-refractivity contribution in [1.29, 1.82) is 0 Å². The molecular weight excluding hydrogens is 279 g/mol. The number of hydrogen-bond acceptors (Lipinski definition) is 0. The van der Waals surface area contributed by atoms with Crippen LogP contribution in [0.15, 0.2) is 23.3 Å². The molecule has 0 atom stereocenters. The predicted octanol–water partition coefficient (Wildman–Crippen LogP) is 4.16. The van der Waals surface area contributed by atoms with Gasteiger partial charge in [-0.05, 0) is 0 Å². The predicted molar refractivity (Wildman–Crippen MR) is 40.3 cm³/mol. The number of alkyl halides is 9. The first-order chi connectivity index (χ1) is 7.81. The third kappa shape index (κ3) is 1.48. The zero-order chi connectivity index (χ0) is 14.1. The minimum Gasteiger partial charge on any atom is -0.170 e. The number of allylic oxidation sites excluding steroid dienone is 4. The van der Waals surface area contributed by atoms with E-state index in [-0.39, 0.29) is 12.2 Å². The Morgan fingerprint density at radius 2 is 1.06 bits per heavy atom. The fourth-order valence-electron chi connectivity index (χ4n) is 2.20. The van der Waals surface area contributed by atoms with Crippen LogP contribution in [-0.4, -0.2) is 18.5 Å². The normalized spacial score (nSPS) is 31.9. The Kier molecular flexibility index (Phi) is 2.25. The van der Waals surface area contributed by atoms with Gasteiger partial charge in [-0.3, -0.25) is 0 Å². The third-order valence-electron chi connectivity index (χ3n) is 3.03. The van der Waals surface area contributed by atoms with Crippen LogP contribution >= 0.6 is 0 Å². The molecule has 102 valence electrons. The van der Waals surface area contributed by atoms with Crippen LogP contribution in [-0.2, 0) is 0 Å². The highest BCUT2D eigenvalue weighted by atomic mass is 19.4. The Balaban J connectivity index is 2.45. The van der Waals surface area contributed by atoms with Gasteiger partial charge in [0.25, 0.3) is 0 Å². The highest BCUT2D eigenvalue weighted by Crippen LogP contribution is 2.70. The van der Waals surface area contributed by atoms with Crippen LogP contribution in [0.1, 0.15) is 0 Å². The number of hydrogen-bond donors (Lipinski definition) is 0. The van der Waals surface area contributed by atoms with Gasteiger partial charge >= 0.3 is 18.5 Å². The topological polar surface area (TPSA) is 0 Å². The Morgan fingerprint density at radius 3 is 1.28 bits per heavy atom. The Hall–Kier alpha value is -1.15. The van der Waals surface area contributed by atoms with Crippen molar-refractivity contribution >= 4 is 0 Å². The molecule has 0 spiro atoms. The minimum absolute atomic E-state index is 0.188. The lowest BCUT2D eigenvalue weighted by Gasteiger charge is -2.54. The second-order valence-corrected chi connectivity index (χ2v) is 4.06. The van der Waals surface area contributed by atoms with Crippen LogP contribution in [0.3, 0.4) is 0 Å². The number of halogens is 9. The van der Waals surface area contributed by atoms with Gasteiger partial charge in [0.1, 0.15) is 5.41 Å². The van der Waals surface area contributed by atoms with Crippen molar-refractivity contribution in [3.05, 3.63) is 23.3 Å². The summed E-state index contributed by atoms with van der Waals surface area (Å²) in [7, 11) is 0. The average molecular weight is 282 g/mol. The van der Waals surface area contributed by atoms with Crippen LogP contribution in [0.2, 0.25) is 0 Å². The molecule has 0 fully saturated rings. The van der Waals surface area contributed by atoms with E-state index in [0.717, 1.165) is 0 Å². The molecule has 0 aromatic carbocycles. The molecule has 0 amide bonds. The van der Waals surface area contributed by atoms with Crippen molar-refractivity contribution in [2.24, 2.45) is 11.3 Å². The van der Waals surface area contributed by atoms with Crippen molar-refractivity contribution < 1.29 is 39.5 Å². The summed E-state index contributed by atoms with van der Waals surface area (Å²) >= 11 is 0. The summed E-state index contributed by atoms with van der Waals surface area (Å²) < 4.78 is 111. The molecule has 0 radical (unpaired) electrons. The van der Waals surface area contributed by atoms with Crippen LogP contribution in [0.5, 0.6) is 0 Å². The quantitative estimate of drug-likeness (QED) is 0.462. The number of rotatable bonds is 0.